The number of rotatable bonds is 1. The Labute approximate surface area is 106 Å². The van der Waals surface area contributed by atoms with Gasteiger partial charge in [0.05, 0.1) is 6.61 Å². The second kappa shape index (κ2) is 4.58. The van der Waals surface area contributed by atoms with Crippen molar-refractivity contribution in [2.75, 3.05) is 19.7 Å². The first-order valence-electron chi connectivity index (χ1n) is 6.06. The number of halogens is 1. The summed E-state index contributed by atoms with van der Waals surface area (Å²) in [6.45, 7) is 2.51. The molecule has 0 amide bonds. The number of hydrogen-bond acceptors (Lipinski definition) is 3. The van der Waals surface area contributed by atoms with Crippen molar-refractivity contribution in [2.45, 2.75) is 24.7 Å². The van der Waals surface area contributed by atoms with Crippen molar-refractivity contribution in [1.82, 2.24) is 5.32 Å². The van der Waals surface area contributed by atoms with Gasteiger partial charge in [-0.15, -0.1) is 0 Å². The first kappa shape index (κ1) is 11.5. The lowest BCUT2D eigenvalue weighted by molar-refractivity contribution is -0.183. The lowest BCUT2D eigenvalue weighted by Gasteiger charge is -2.32. The molecule has 2 aliphatic rings. The van der Waals surface area contributed by atoms with Crippen LogP contribution in [0.3, 0.4) is 0 Å². The van der Waals surface area contributed by atoms with Crippen LogP contribution in [-0.2, 0) is 9.47 Å². The first-order chi connectivity index (χ1) is 8.29. The molecule has 2 heterocycles. The van der Waals surface area contributed by atoms with Gasteiger partial charge in [0.2, 0.25) is 0 Å². The van der Waals surface area contributed by atoms with E-state index in [-0.39, 0.29) is 11.9 Å². The molecule has 0 aliphatic carbocycles. The number of piperidine rings is 1. The Bertz CT molecular complexity index is 404. The number of ether oxygens (including phenoxy) is 2. The fourth-order valence-electron chi connectivity index (χ4n) is 2.51. The Morgan fingerprint density at radius 3 is 2.76 bits per heavy atom. The second-order valence-electron chi connectivity index (χ2n) is 4.60. The molecule has 1 atom stereocenters. The topological polar surface area (TPSA) is 30.5 Å². The summed E-state index contributed by atoms with van der Waals surface area (Å²) < 4.78 is 12.0. The molecule has 17 heavy (non-hydrogen) atoms. The largest absolute Gasteiger partial charge is 0.347 e. The van der Waals surface area contributed by atoms with E-state index in [1.54, 1.807) is 0 Å². The summed E-state index contributed by atoms with van der Waals surface area (Å²) in [6.07, 6.45) is 1.80. The molecule has 1 unspecified atom stereocenters. The molecule has 92 valence electrons. The van der Waals surface area contributed by atoms with Crippen molar-refractivity contribution >= 4 is 11.6 Å². The van der Waals surface area contributed by atoms with Crippen LogP contribution in [0.25, 0.3) is 0 Å². The van der Waals surface area contributed by atoms with Crippen LogP contribution in [0.15, 0.2) is 24.3 Å². The molecule has 3 nitrogen and oxygen atoms in total. The highest BCUT2D eigenvalue weighted by Crippen LogP contribution is 2.40. The van der Waals surface area contributed by atoms with Crippen molar-refractivity contribution in [3.05, 3.63) is 34.9 Å². The van der Waals surface area contributed by atoms with Gasteiger partial charge >= 0.3 is 0 Å². The molecule has 2 fully saturated rings. The summed E-state index contributed by atoms with van der Waals surface area (Å²) >= 11 is 6.18. The van der Waals surface area contributed by atoms with Crippen LogP contribution < -0.4 is 5.32 Å². The van der Waals surface area contributed by atoms with Crippen LogP contribution in [-0.4, -0.2) is 25.5 Å². The molecule has 0 radical (unpaired) electrons. The summed E-state index contributed by atoms with van der Waals surface area (Å²) in [5.74, 6) is -0.380. The molecule has 1 aromatic rings. The van der Waals surface area contributed by atoms with Crippen LogP contribution in [0.2, 0.25) is 5.02 Å². The fourth-order valence-corrected chi connectivity index (χ4v) is 2.77. The molecule has 1 spiro atoms. The minimum absolute atomic E-state index is 0.0261. The minimum atomic E-state index is -0.380. The Balaban J connectivity index is 1.77. The lowest BCUT2D eigenvalue weighted by Crippen LogP contribution is -2.42. The average molecular weight is 254 g/mol. The Kier molecular flexibility index (Phi) is 3.09. The molecule has 3 rings (SSSR count). The number of benzene rings is 1. The highest BCUT2D eigenvalue weighted by atomic mass is 35.5. The standard InChI is InChI=1S/C13H16ClNO2/c14-11-4-2-1-3-10(11)12-9-16-13(17-12)5-7-15-8-6-13/h1-4,12,15H,5-9H2. The molecule has 2 aliphatic heterocycles. The molecular weight excluding hydrogens is 238 g/mol. The Hall–Kier alpha value is -0.610. The van der Waals surface area contributed by atoms with Gasteiger partial charge < -0.3 is 14.8 Å². The van der Waals surface area contributed by atoms with Gasteiger partial charge in [-0.2, -0.15) is 0 Å². The van der Waals surface area contributed by atoms with Crippen molar-refractivity contribution in [3.63, 3.8) is 0 Å². The Morgan fingerprint density at radius 1 is 1.24 bits per heavy atom. The monoisotopic (exact) mass is 253 g/mol. The Morgan fingerprint density at radius 2 is 2.00 bits per heavy atom. The molecule has 0 saturated carbocycles. The van der Waals surface area contributed by atoms with E-state index < -0.39 is 0 Å². The molecule has 2 saturated heterocycles. The normalized spacial score (nSPS) is 27.5. The zero-order chi connectivity index (χ0) is 11.7. The second-order valence-corrected chi connectivity index (χ2v) is 5.01. The number of nitrogens with one attached hydrogen (secondary N) is 1. The zero-order valence-electron chi connectivity index (χ0n) is 9.62. The molecule has 1 N–H and O–H groups in total. The van der Waals surface area contributed by atoms with Gasteiger partial charge in [-0.05, 0) is 6.07 Å². The van der Waals surface area contributed by atoms with Gasteiger partial charge in [-0.3, -0.25) is 0 Å². The summed E-state index contributed by atoms with van der Waals surface area (Å²) in [4.78, 5) is 0. The van der Waals surface area contributed by atoms with E-state index in [1.807, 2.05) is 24.3 Å². The highest BCUT2D eigenvalue weighted by molar-refractivity contribution is 6.31. The summed E-state index contributed by atoms with van der Waals surface area (Å²) in [6, 6.07) is 7.82. The van der Waals surface area contributed by atoms with Gasteiger partial charge in [-0.1, -0.05) is 29.8 Å². The molecule has 1 aromatic carbocycles. The maximum absolute atomic E-state index is 6.18. The van der Waals surface area contributed by atoms with E-state index in [9.17, 15) is 0 Å². The average Bonchev–Trinajstić information content (AvgIpc) is 2.74. The van der Waals surface area contributed by atoms with Gasteiger partial charge in [0.25, 0.3) is 0 Å². The molecular formula is C13H16ClNO2. The number of hydrogen-bond donors (Lipinski definition) is 1. The predicted octanol–water partition coefficient (Wildman–Crippen LogP) is 2.51. The van der Waals surface area contributed by atoms with Crippen molar-refractivity contribution in [3.8, 4) is 0 Å². The van der Waals surface area contributed by atoms with E-state index in [0.717, 1.165) is 36.5 Å². The van der Waals surface area contributed by atoms with E-state index in [4.69, 9.17) is 21.1 Å². The van der Waals surface area contributed by atoms with E-state index in [0.29, 0.717) is 6.61 Å². The molecule has 0 aromatic heterocycles. The van der Waals surface area contributed by atoms with E-state index >= 15 is 0 Å². The predicted molar refractivity (Wildman–Crippen MR) is 66.1 cm³/mol. The zero-order valence-corrected chi connectivity index (χ0v) is 10.4. The van der Waals surface area contributed by atoms with Crippen molar-refractivity contribution < 1.29 is 9.47 Å². The lowest BCUT2D eigenvalue weighted by atomic mass is 10.1. The van der Waals surface area contributed by atoms with Crippen LogP contribution >= 0.6 is 11.6 Å². The van der Waals surface area contributed by atoms with Gasteiger partial charge in [0.1, 0.15) is 6.10 Å². The van der Waals surface area contributed by atoms with Crippen LogP contribution in [0.1, 0.15) is 24.5 Å². The quantitative estimate of drug-likeness (QED) is 0.834. The van der Waals surface area contributed by atoms with Crippen LogP contribution in [0.5, 0.6) is 0 Å². The summed E-state index contributed by atoms with van der Waals surface area (Å²) in [5, 5.41) is 4.07. The van der Waals surface area contributed by atoms with Crippen LogP contribution in [0, 0.1) is 0 Å². The van der Waals surface area contributed by atoms with E-state index in [2.05, 4.69) is 5.32 Å². The van der Waals surface area contributed by atoms with Crippen LogP contribution in [0.4, 0.5) is 0 Å². The maximum atomic E-state index is 6.18. The SMILES string of the molecule is Clc1ccccc1C1COC2(CCNCC2)O1. The third kappa shape index (κ3) is 2.20. The maximum Gasteiger partial charge on any atom is 0.171 e. The first-order valence-corrected chi connectivity index (χ1v) is 6.44. The molecule has 0 bridgehead atoms. The van der Waals surface area contributed by atoms with Crippen molar-refractivity contribution in [2.24, 2.45) is 0 Å². The fraction of sp³-hybridized carbons (Fsp3) is 0.538. The summed E-state index contributed by atoms with van der Waals surface area (Å²) in [5.41, 5.74) is 1.03. The van der Waals surface area contributed by atoms with Gasteiger partial charge in [0, 0.05) is 36.5 Å². The molecule has 4 heteroatoms. The summed E-state index contributed by atoms with van der Waals surface area (Å²) in [7, 11) is 0. The smallest absolute Gasteiger partial charge is 0.171 e. The van der Waals surface area contributed by atoms with E-state index in [1.165, 1.54) is 0 Å². The third-order valence-electron chi connectivity index (χ3n) is 3.47. The van der Waals surface area contributed by atoms with Gasteiger partial charge in [-0.25, -0.2) is 0 Å². The van der Waals surface area contributed by atoms with Gasteiger partial charge in [0.15, 0.2) is 5.79 Å². The third-order valence-corrected chi connectivity index (χ3v) is 3.82. The van der Waals surface area contributed by atoms with Crippen molar-refractivity contribution in [1.29, 1.82) is 0 Å². The highest BCUT2D eigenvalue weighted by Gasteiger charge is 2.43. The minimum Gasteiger partial charge on any atom is -0.347 e.